The molecule has 2 rings (SSSR count). The fraction of sp³-hybridized carbons (Fsp3) is 0.462. The van der Waals surface area contributed by atoms with Gasteiger partial charge in [0.15, 0.2) is 0 Å². The molecular formula is C13H17NO2. The number of aliphatic carboxylic acids is 1. The van der Waals surface area contributed by atoms with Crippen LogP contribution in [0.5, 0.6) is 0 Å². The minimum atomic E-state index is -0.664. The van der Waals surface area contributed by atoms with Crippen LogP contribution in [-0.4, -0.2) is 17.6 Å². The van der Waals surface area contributed by atoms with Crippen LogP contribution in [0.4, 0.5) is 0 Å². The monoisotopic (exact) mass is 219 g/mol. The van der Waals surface area contributed by atoms with Crippen LogP contribution in [0.1, 0.15) is 18.4 Å². The summed E-state index contributed by atoms with van der Waals surface area (Å²) in [6.45, 7) is 1.33. The average Bonchev–Trinajstić information content (AvgIpc) is 3.09. The van der Waals surface area contributed by atoms with E-state index < -0.39 is 5.97 Å². The fourth-order valence-electron chi connectivity index (χ4n) is 1.92. The van der Waals surface area contributed by atoms with Gasteiger partial charge < -0.3 is 10.4 Å². The van der Waals surface area contributed by atoms with Gasteiger partial charge in [0.25, 0.3) is 0 Å². The first-order valence-corrected chi connectivity index (χ1v) is 5.75. The smallest absolute Gasteiger partial charge is 0.308 e. The fourth-order valence-corrected chi connectivity index (χ4v) is 1.92. The van der Waals surface area contributed by atoms with E-state index in [1.807, 2.05) is 30.3 Å². The lowest BCUT2D eigenvalue weighted by atomic mass is 10.0. The van der Waals surface area contributed by atoms with Crippen LogP contribution in [0.3, 0.4) is 0 Å². The Kier molecular flexibility index (Phi) is 3.57. The molecule has 0 aromatic heterocycles. The molecule has 0 spiro atoms. The molecule has 1 aliphatic rings. The molecule has 1 aromatic rings. The zero-order valence-electron chi connectivity index (χ0n) is 9.23. The molecule has 3 heteroatoms. The van der Waals surface area contributed by atoms with Crippen molar-refractivity contribution in [3.8, 4) is 0 Å². The Morgan fingerprint density at radius 2 is 2.06 bits per heavy atom. The molecule has 0 amide bonds. The van der Waals surface area contributed by atoms with E-state index in [0.717, 1.165) is 19.4 Å². The van der Waals surface area contributed by atoms with Crippen molar-refractivity contribution < 1.29 is 9.90 Å². The molecular weight excluding hydrogens is 202 g/mol. The van der Waals surface area contributed by atoms with Crippen molar-refractivity contribution in [2.24, 2.45) is 11.8 Å². The Morgan fingerprint density at radius 1 is 1.38 bits per heavy atom. The standard InChI is InChI=1S/C13H17NO2/c15-13(16)12(11-6-7-11)9-14-8-10-4-2-1-3-5-10/h1-5,11-12,14H,6-9H2,(H,15,16). The van der Waals surface area contributed by atoms with Gasteiger partial charge in [0, 0.05) is 13.1 Å². The molecule has 1 aliphatic carbocycles. The van der Waals surface area contributed by atoms with Crippen LogP contribution in [0.25, 0.3) is 0 Å². The van der Waals surface area contributed by atoms with Gasteiger partial charge in [0.05, 0.1) is 5.92 Å². The van der Waals surface area contributed by atoms with Crippen molar-refractivity contribution in [3.05, 3.63) is 35.9 Å². The third kappa shape index (κ3) is 3.07. The second-order valence-electron chi connectivity index (χ2n) is 4.40. The van der Waals surface area contributed by atoms with Crippen molar-refractivity contribution >= 4 is 5.97 Å². The summed E-state index contributed by atoms with van der Waals surface area (Å²) >= 11 is 0. The van der Waals surface area contributed by atoms with E-state index in [2.05, 4.69) is 5.32 Å². The number of carboxylic acid groups (broad SMARTS) is 1. The maximum absolute atomic E-state index is 11.0. The molecule has 1 fully saturated rings. The lowest BCUT2D eigenvalue weighted by Gasteiger charge is -2.12. The highest BCUT2D eigenvalue weighted by molar-refractivity contribution is 5.71. The third-order valence-electron chi connectivity index (χ3n) is 3.04. The summed E-state index contributed by atoms with van der Waals surface area (Å²) in [6, 6.07) is 10.0. The molecule has 0 aliphatic heterocycles. The largest absolute Gasteiger partial charge is 0.481 e. The zero-order valence-corrected chi connectivity index (χ0v) is 9.23. The lowest BCUT2D eigenvalue weighted by molar-refractivity contribution is -0.142. The summed E-state index contributed by atoms with van der Waals surface area (Å²) < 4.78 is 0. The molecule has 1 saturated carbocycles. The highest BCUT2D eigenvalue weighted by Gasteiger charge is 2.35. The first-order valence-electron chi connectivity index (χ1n) is 5.75. The molecule has 0 bridgehead atoms. The quantitative estimate of drug-likeness (QED) is 0.768. The van der Waals surface area contributed by atoms with Gasteiger partial charge in [-0.05, 0) is 24.3 Å². The van der Waals surface area contributed by atoms with Crippen molar-refractivity contribution in [3.63, 3.8) is 0 Å². The minimum absolute atomic E-state index is 0.205. The first kappa shape index (κ1) is 11.1. The summed E-state index contributed by atoms with van der Waals surface area (Å²) in [5.41, 5.74) is 1.20. The van der Waals surface area contributed by atoms with Crippen LogP contribution >= 0.6 is 0 Å². The van der Waals surface area contributed by atoms with E-state index in [0.29, 0.717) is 12.5 Å². The molecule has 3 nitrogen and oxygen atoms in total. The van der Waals surface area contributed by atoms with Gasteiger partial charge in [-0.2, -0.15) is 0 Å². The Hall–Kier alpha value is -1.35. The number of benzene rings is 1. The molecule has 0 radical (unpaired) electrons. The summed E-state index contributed by atoms with van der Waals surface area (Å²) in [5.74, 6) is -0.465. The number of rotatable bonds is 6. The second-order valence-corrected chi connectivity index (χ2v) is 4.40. The van der Waals surface area contributed by atoms with Crippen molar-refractivity contribution in [2.75, 3.05) is 6.54 Å². The normalized spacial score (nSPS) is 17.0. The van der Waals surface area contributed by atoms with E-state index in [1.165, 1.54) is 5.56 Å². The van der Waals surface area contributed by atoms with Crippen LogP contribution in [-0.2, 0) is 11.3 Å². The van der Waals surface area contributed by atoms with Crippen LogP contribution < -0.4 is 5.32 Å². The van der Waals surface area contributed by atoms with E-state index in [9.17, 15) is 4.79 Å². The lowest BCUT2D eigenvalue weighted by Crippen LogP contribution is -2.29. The van der Waals surface area contributed by atoms with Crippen molar-refractivity contribution in [2.45, 2.75) is 19.4 Å². The highest BCUT2D eigenvalue weighted by atomic mass is 16.4. The summed E-state index contributed by atoms with van der Waals surface area (Å²) in [7, 11) is 0. The Balaban J connectivity index is 1.76. The van der Waals surface area contributed by atoms with Crippen LogP contribution in [0.2, 0.25) is 0 Å². The topological polar surface area (TPSA) is 49.3 Å². The van der Waals surface area contributed by atoms with Gasteiger partial charge >= 0.3 is 5.97 Å². The molecule has 1 atom stereocenters. The number of hydrogen-bond acceptors (Lipinski definition) is 2. The van der Waals surface area contributed by atoms with Crippen molar-refractivity contribution in [1.29, 1.82) is 0 Å². The average molecular weight is 219 g/mol. The number of nitrogens with one attached hydrogen (secondary N) is 1. The molecule has 16 heavy (non-hydrogen) atoms. The van der Waals surface area contributed by atoms with Gasteiger partial charge in [0.1, 0.15) is 0 Å². The minimum Gasteiger partial charge on any atom is -0.481 e. The van der Waals surface area contributed by atoms with Gasteiger partial charge in [-0.15, -0.1) is 0 Å². The SMILES string of the molecule is O=C(O)C(CNCc1ccccc1)C1CC1. The van der Waals surface area contributed by atoms with Crippen molar-refractivity contribution in [1.82, 2.24) is 5.32 Å². The summed E-state index contributed by atoms with van der Waals surface area (Å²) in [6.07, 6.45) is 2.15. The Morgan fingerprint density at radius 3 is 2.62 bits per heavy atom. The van der Waals surface area contributed by atoms with Gasteiger partial charge in [-0.25, -0.2) is 0 Å². The second kappa shape index (κ2) is 5.12. The maximum Gasteiger partial charge on any atom is 0.308 e. The predicted octanol–water partition coefficient (Wildman–Crippen LogP) is 1.89. The molecule has 0 saturated heterocycles. The molecule has 86 valence electrons. The molecule has 0 heterocycles. The molecule has 1 unspecified atom stereocenters. The van der Waals surface area contributed by atoms with Gasteiger partial charge in [-0.1, -0.05) is 30.3 Å². The molecule has 2 N–H and O–H groups in total. The maximum atomic E-state index is 11.0. The van der Waals surface area contributed by atoms with E-state index in [4.69, 9.17) is 5.11 Å². The predicted molar refractivity (Wildman–Crippen MR) is 62.0 cm³/mol. The number of hydrogen-bond donors (Lipinski definition) is 2. The highest BCUT2D eigenvalue weighted by Crippen LogP contribution is 2.36. The van der Waals surface area contributed by atoms with Gasteiger partial charge in [0.2, 0.25) is 0 Å². The zero-order chi connectivity index (χ0) is 11.4. The number of carboxylic acids is 1. The van der Waals surface area contributed by atoms with Crippen LogP contribution in [0.15, 0.2) is 30.3 Å². The summed E-state index contributed by atoms with van der Waals surface area (Å²) in [4.78, 5) is 11.0. The number of carbonyl (C=O) groups is 1. The van der Waals surface area contributed by atoms with Gasteiger partial charge in [-0.3, -0.25) is 4.79 Å². The Labute approximate surface area is 95.5 Å². The summed E-state index contributed by atoms with van der Waals surface area (Å²) in [5, 5.41) is 12.3. The third-order valence-corrected chi connectivity index (χ3v) is 3.04. The van der Waals surface area contributed by atoms with Crippen LogP contribution in [0, 0.1) is 11.8 Å². The van der Waals surface area contributed by atoms with E-state index in [-0.39, 0.29) is 5.92 Å². The molecule has 1 aromatic carbocycles. The van der Waals surface area contributed by atoms with E-state index >= 15 is 0 Å². The van der Waals surface area contributed by atoms with E-state index in [1.54, 1.807) is 0 Å². The first-order chi connectivity index (χ1) is 7.77. The Bertz CT molecular complexity index is 346.